The number of phenols is 1. The van der Waals surface area contributed by atoms with Crippen molar-refractivity contribution in [1.82, 2.24) is 5.32 Å². The van der Waals surface area contributed by atoms with Gasteiger partial charge in [-0.1, -0.05) is 6.07 Å². The zero-order valence-electron chi connectivity index (χ0n) is 9.09. The molecule has 0 aliphatic heterocycles. The van der Waals surface area contributed by atoms with E-state index in [0.29, 0.717) is 11.4 Å². The number of aryl methyl sites for hydroxylation is 1. The lowest BCUT2D eigenvalue weighted by molar-refractivity contribution is 0.0935. The number of carbonyl (C=O) groups is 1. The quantitative estimate of drug-likeness (QED) is 0.795. The maximum absolute atomic E-state index is 11.8. The summed E-state index contributed by atoms with van der Waals surface area (Å²) in [6, 6.07) is 4.91. The summed E-state index contributed by atoms with van der Waals surface area (Å²) in [5.74, 6) is 0.410. The SMILES string of the molecule is Cc1ccc(C(=O)NC2(CCl)CC2)cc1O. The van der Waals surface area contributed by atoms with Gasteiger partial charge in [-0.15, -0.1) is 11.6 Å². The van der Waals surface area contributed by atoms with Crippen molar-refractivity contribution in [3.05, 3.63) is 29.3 Å². The van der Waals surface area contributed by atoms with E-state index in [1.54, 1.807) is 19.1 Å². The predicted octanol–water partition coefficient (Wildman–Crippen LogP) is 2.20. The van der Waals surface area contributed by atoms with E-state index in [4.69, 9.17) is 11.6 Å². The van der Waals surface area contributed by atoms with Gasteiger partial charge in [0.25, 0.3) is 5.91 Å². The molecular weight excluding hydrogens is 226 g/mol. The van der Waals surface area contributed by atoms with E-state index in [1.165, 1.54) is 6.07 Å². The Balaban J connectivity index is 2.12. The minimum Gasteiger partial charge on any atom is -0.508 e. The molecule has 0 bridgehead atoms. The van der Waals surface area contributed by atoms with Gasteiger partial charge in [0.15, 0.2) is 0 Å². The number of phenolic OH excluding ortho intramolecular Hbond substituents is 1. The van der Waals surface area contributed by atoms with Crippen LogP contribution in [0.5, 0.6) is 5.75 Å². The first-order chi connectivity index (χ1) is 7.56. The Bertz CT molecular complexity index is 427. The van der Waals surface area contributed by atoms with E-state index in [0.717, 1.165) is 18.4 Å². The second-order valence-electron chi connectivity index (χ2n) is 4.37. The van der Waals surface area contributed by atoms with E-state index in [-0.39, 0.29) is 17.2 Å². The minimum absolute atomic E-state index is 0.142. The highest BCUT2D eigenvalue weighted by atomic mass is 35.5. The van der Waals surface area contributed by atoms with Crippen LogP contribution < -0.4 is 5.32 Å². The molecular formula is C12H14ClNO2. The number of carbonyl (C=O) groups excluding carboxylic acids is 1. The first-order valence-electron chi connectivity index (χ1n) is 5.24. The molecule has 1 aliphatic rings. The summed E-state index contributed by atoms with van der Waals surface area (Å²) >= 11 is 5.78. The van der Waals surface area contributed by atoms with Crippen LogP contribution in [-0.2, 0) is 0 Å². The van der Waals surface area contributed by atoms with Crippen molar-refractivity contribution in [1.29, 1.82) is 0 Å². The van der Waals surface area contributed by atoms with E-state index in [2.05, 4.69) is 5.32 Å². The van der Waals surface area contributed by atoms with Crippen molar-refractivity contribution in [3.8, 4) is 5.75 Å². The van der Waals surface area contributed by atoms with Crippen molar-refractivity contribution < 1.29 is 9.90 Å². The zero-order chi connectivity index (χ0) is 11.8. The molecule has 2 rings (SSSR count). The van der Waals surface area contributed by atoms with Gasteiger partial charge in [-0.25, -0.2) is 0 Å². The number of aromatic hydroxyl groups is 1. The maximum atomic E-state index is 11.8. The van der Waals surface area contributed by atoms with Gasteiger partial charge in [0.05, 0.1) is 5.54 Å². The minimum atomic E-state index is -0.209. The van der Waals surface area contributed by atoms with Gasteiger partial charge in [0.1, 0.15) is 5.75 Å². The molecule has 0 unspecified atom stereocenters. The summed E-state index contributed by atoms with van der Waals surface area (Å²) < 4.78 is 0. The van der Waals surface area contributed by atoms with Gasteiger partial charge < -0.3 is 10.4 Å². The zero-order valence-corrected chi connectivity index (χ0v) is 9.84. The molecule has 1 saturated carbocycles. The average molecular weight is 240 g/mol. The maximum Gasteiger partial charge on any atom is 0.251 e. The highest BCUT2D eigenvalue weighted by Gasteiger charge is 2.43. The Labute approximate surface area is 99.4 Å². The summed E-state index contributed by atoms with van der Waals surface area (Å²) in [6.07, 6.45) is 1.86. The van der Waals surface area contributed by atoms with E-state index < -0.39 is 0 Å². The highest BCUT2D eigenvalue weighted by molar-refractivity contribution is 6.19. The number of amides is 1. The monoisotopic (exact) mass is 239 g/mol. The molecule has 0 spiro atoms. The largest absolute Gasteiger partial charge is 0.508 e. The fourth-order valence-electron chi connectivity index (χ4n) is 1.51. The van der Waals surface area contributed by atoms with Crippen molar-refractivity contribution in [2.24, 2.45) is 0 Å². The third kappa shape index (κ3) is 2.14. The summed E-state index contributed by atoms with van der Waals surface area (Å²) in [6.45, 7) is 1.79. The van der Waals surface area contributed by atoms with Crippen LogP contribution in [0.1, 0.15) is 28.8 Å². The molecule has 0 saturated heterocycles. The number of halogens is 1. The average Bonchev–Trinajstić information content (AvgIpc) is 3.02. The number of nitrogens with one attached hydrogen (secondary N) is 1. The number of rotatable bonds is 3. The van der Waals surface area contributed by atoms with Crippen LogP contribution in [0.15, 0.2) is 18.2 Å². The Hall–Kier alpha value is -1.22. The van der Waals surface area contributed by atoms with Gasteiger partial charge in [-0.3, -0.25) is 4.79 Å². The lowest BCUT2D eigenvalue weighted by Crippen LogP contribution is -2.38. The Morgan fingerprint density at radius 3 is 2.75 bits per heavy atom. The molecule has 1 aromatic rings. The molecule has 4 heteroatoms. The van der Waals surface area contributed by atoms with Crippen molar-refractivity contribution in [2.45, 2.75) is 25.3 Å². The Morgan fingerprint density at radius 2 is 2.25 bits per heavy atom. The molecule has 1 aromatic carbocycles. The summed E-state index contributed by atoms with van der Waals surface area (Å²) in [4.78, 5) is 11.8. The van der Waals surface area contributed by atoms with Crippen molar-refractivity contribution in [2.75, 3.05) is 5.88 Å². The third-order valence-corrected chi connectivity index (χ3v) is 3.47. The van der Waals surface area contributed by atoms with Crippen LogP contribution >= 0.6 is 11.6 Å². The van der Waals surface area contributed by atoms with Crippen LogP contribution in [0.2, 0.25) is 0 Å². The third-order valence-electron chi connectivity index (χ3n) is 2.96. The second kappa shape index (κ2) is 3.98. The molecule has 2 N–H and O–H groups in total. The van der Waals surface area contributed by atoms with E-state index >= 15 is 0 Å². The molecule has 16 heavy (non-hydrogen) atoms. The predicted molar refractivity (Wildman–Crippen MR) is 63.0 cm³/mol. The molecule has 1 fully saturated rings. The standard InChI is InChI=1S/C12H14ClNO2/c1-8-2-3-9(6-10(8)15)11(16)14-12(7-13)4-5-12/h2-3,6,15H,4-5,7H2,1H3,(H,14,16). The smallest absolute Gasteiger partial charge is 0.251 e. The van der Waals surface area contributed by atoms with Gasteiger partial charge in [-0.2, -0.15) is 0 Å². The van der Waals surface area contributed by atoms with Gasteiger partial charge in [-0.05, 0) is 37.5 Å². The van der Waals surface area contributed by atoms with E-state index in [9.17, 15) is 9.90 Å². The normalized spacial score (nSPS) is 16.9. The lowest BCUT2D eigenvalue weighted by Gasteiger charge is -2.14. The summed E-state index contributed by atoms with van der Waals surface area (Å²) in [7, 11) is 0. The Morgan fingerprint density at radius 1 is 1.56 bits per heavy atom. The Kier molecular flexibility index (Phi) is 2.80. The molecule has 0 aromatic heterocycles. The number of benzene rings is 1. The van der Waals surface area contributed by atoms with Gasteiger partial charge in [0, 0.05) is 11.4 Å². The molecule has 1 aliphatic carbocycles. The molecule has 0 heterocycles. The molecule has 0 radical (unpaired) electrons. The van der Waals surface area contributed by atoms with Crippen LogP contribution in [0, 0.1) is 6.92 Å². The van der Waals surface area contributed by atoms with E-state index in [1.807, 2.05) is 0 Å². The van der Waals surface area contributed by atoms with Crippen LogP contribution in [0.4, 0.5) is 0 Å². The van der Waals surface area contributed by atoms with Crippen molar-refractivity contribution in [3.63, 3.8) is 0 Å². The fraction of sp³-hybridized carbons (Fsp3) is 0.417. The second-order valence-corrected chi connectivity index (χ2v) is 4.64. The van der Waals surface area contributed by atoms with Gasteiger partial charge in [0.2, 0.25) is 0 Å². The molecule has 0 atom stereocenters. The number of hydrogen-bond donors (Lipinski definition) is 2. The topological polar surface area (TPSA) is 49.3 Å². The lowest BCUT2D eigenvalue weighted by atomic mass is 10.1. The summed E-state index contributed by atoms with van der Waals surface area (Å²) in [5.41, 5.74) is 1.02. The molecule has 86 valence electrons. The number of hydrogen-bond acceptors (Lipinski definition) is 2. The first-order valence-corrected chi connectivity index (χ1v) is 5.78. The van der Waals surface area contributed by atoms with Crippen LogP contribution in [0.25, 0.3) is 0 Å². The fourth-order valence-corrected chi connectivity index (χ4v) is 1.84. The van der Waals surface area contributed by atoms with Crippen LogP contribution in [-0.4, -0.2) is 22.4 Å². The van der Waals surface area contributed by atoms with Crippen LogP contribution in [0.3, 0.4) is 0 Å². The van der Waals surface area contributed by atoms with Crippen molar-refractivity contribution >= 4 is 17.5 Å². The molecule has 1 amide bonds. The van der Waals surface area contributed by atoms with Gasteiger partial charge >= 0.3 is 0 Å². The first kappa shape index (κ1) is 11.3. The highest BCUT2D eigenvalue weighted by Crippen LogP contribution is 2.36. The summed E-state index contributed by atoms with van der Waals surface area (Å²) in [5, 5.41) is 12.4. The number of alkyl halides is 1. The molecule has 3 nitrogen and oxygen atoms in total.